The third kappa shape index (κ3) is 4.32. The maximum absolute atomic E-state index is 13.1. The maximum Gasteiger partial charge on any atom is 0.407 e. The molecule has 4 rings (SSSR count). The lowest BCUT2D eigenvalue weighted by molar-refractivity contribution is -0.151. The number of aliphatic carboxylic acids is 1. The van der Waals surface area contributed by atoms with Crippen LogP contribution in [0.5, 0.6) is 0 Å². The minimum Gasteiger partial charge on any atom is -0.479 e. The van der Waals surface area contributed by atoms with Crippen molar-refractivity contribution in [2.24, 2.45) is 0 Å². The molecule has 7 nitrogen and oxygen atoms in total. The topological polar surface area (TPSA) is 95.9 Å². The van der Waals surface area contributed by atoms with E-state index in [1.54, 1.807) is 0 Å². The number of alkyl carbamates (subject to hydrolysis) is 1. The van der Waals surface area contributed by atoms with E-state index in [1.165, 1.54) is 11.9 Å². The minimum atomic E-state index is -1.15. The Kier molecular flexibility index (Phi) is 6.40. The van der Waals surface area contributed by atoms with Crippen LogP contribution in [-0.4, -0.2) is 53.2 Å². The molecule has 2 N–H and O–H groups in total. The fourth-order valence-electron chi connectivity index (χ4n) is 4.70. The third-order valence-electron chi connectivity index (χ3n) is 6.87. The number of unbranched alkanes of at least 4 members (excludes halogenated alkanes) is 1. The number of amides is 2. The molecule has 33 heavy (non-hydrogen) atoms. The number of carbonyl (C=O) groups excluding carboxylic acids is 2. The Balaban J connectivity index is 1.43. The summed E-state index contributed by atoms with van der Waals surface area (Å²) in [5, 5.41) is 12.2. The van der Waals surface area contributed by atoms with Crippen molar-refractivity contribution in [1.29, 1.82) is 0 Å². The van der Waals surface area contributed by atoms with Gasteiger partial charge in [0.1, 0.15) is 18.2 Å². The highest BCUT2D eigenvalue weighted by molar-refractivity contribution is 5.93. The summed E-state index contributed by atoms with van der Waals surface area (Å²) < 4.78 is 5.59. The van der Waals surface area contributed by atoms with Crippen LogP contribution < -0.4 is 5.32 Å². The molecule has 0 aliphatic heterocycles. The monoisotopic (exact) mass is 450 g/mol. The van der Waals surface area contributed by atoms with Crippen molar-refractivity contribution < 1.29 is 24.2 Å². The second kappa shape index (κ2) is 9.25. The van der Waals surface area contributed by atoms with Crippen LogP contribution in [0.1, 0.15) is 56.1 Å². The molecular weight excluding hydrogens is 420 g/mol. The molecule has 0 bridgehead atoms. The number of ether oxygens (including phenoxy) is 1. The van der Waals surface area contributed by atoms with E-state index in [-0.39, 0.29) is 12.5 Å². The summed E-state index contributed by atoms with van der Waals surface area (Å²) in [5.41, 5.74) is 3.36. The first-order chi connectivity index (χ1) is 15.9. The second-order valence-corrected chi connectivity index (χ2v) is 8.90. The Hall–Kier alpha value is -3.35. The SMILES string of the molecule is CCCCC(NC(=O)OCC1c2ccccc2-c2ccccc21)C(=O)N(C)C1(C(=O)O)CC1. The van der Waals surface area contributed by atoms with Gasteiger partial charge in [-0.3, -0.25) is 4.79 Å². The molecule has 0 heterocycles. The first-order valence-corrected chi connectivity index (χ1v) is 11.5. The van der Waals surface area contributed by atoms with Gasteiger partial charge in [0.25, 0.3) is 0 Å². The summed E-state index contributed by atoms with van der Waals surface area (Å²) in [6.45, 7) is 2.15. The van der Waals surface area contributed by atoms with E-state index in [4.69, 9.17) is 4.74 Å². The molecule has 0 spiro atoms. The van der Waals surface area contributed by atoms with E-state index < -0.39 is 29.6 Å². The number of rotatable bonds is 9. The molecule has 7 heteroatoms. The molecule has 1 saturated carbocycles. The number of carbonyl (C=O) groups is 3. The van der Waals surface area contributed by atoms with Crippen LogP contribution in [0, 0.1) is 0 Å². The minimum absolute atomic E-state index is 0.0719. The lowest BCUT2D eigenvalue weighted by Crippen LogP contribution is -2.53. The van der Waals surface area contributed by atoms with Gasteiger partial charge in [-0.25, -0.2) is 9.59 Å². The molecule has 0 radical (unpaired) electrons. The molecule has 1 atom stereocenters. The highest BCUT2D eigenvalue weighted by atomic mass is 16.5. The Bertz CT molecular complexity index is 1020. The van der Waals surface area contributed by atoms with Crippen molar-refractivity contribution >= 4 is 18.0 Å². The van der Waals surface area contributed by atoms with E-state index in [1.807, 2.05) is 43.3 Å². The number of benzene rings is 2. The first kappa shape index (κ1) is 22.8. The summed E-state index contributed by atoms with van der Waals surface area (Å²) >= 11 is 0. The predicted molar refractivity (Wildman–Crippen MR) is 124 cm³/mol. The van der Waals surface area contributed by atoms with Crippen LogP contribution in [0.2, 0.25) is 0 Å². The molecular formula is C26H30N2O5. The number of hydrogen-bond donors (Lipinski definition) is 2. The number of nitrogens with one attached hydrogen (secondary N) is 1. The van der Waals surface area contributed by atoms with Crippen LogP contribution in [0.3, 0.4) is 0 Å². The van der Waals surface area contributed by atoms with E-state index in [9.17, 15) is 19.5 Å². The van der Waals surface area contributed by atoms with Gasteiger partial charge in [0.05, 0.1) is 0 Å². The van der Waals surface area contributed by atoms with Crippen molar-refractivity contribution in [1.82, 2.24) is 10.2 Å². The van der Waals surface area contributed by atoms with Crippen molar-refractivity contribution in [3.8, 4) is 11.1 Å². The van der Waals surface area contributed by atoms with Crippen molar-refractivity contribution in [2.45, 2.75) is 56.5 Å². The Morgan fingerprint density at radius 2 is 1.67 bits per heavy atom. The second-order valence-electron chi connectivity index (χ2n) is 8.90. The van der Waals surface area contributed by atoms with Gasteiger partial charge in [-0.1, -0.05) is 68.3 Å². The highest BCUT2D eigenvalue weighted by Crippen LogP contribution is 2.44. The van der Waals surface area contributed by atoms with Crippen molar-refractivity contribution in [2.75, 3.05) is 13.7 Å². The number of fused-ring (bicyclic) bond motifs is 3. The molecule has 2 aliphatic rings. The first-order valence-electron chi connectivity index (χ1n) is 11.5. The number of hydrogen-bond acceptors (Lipinski definition) is 4. The van der Waals surface area contributed by atoms with Crippen LogP contribution in [-0.2, 0) is 14.3 Å². The van der Waals surface area contributed by atoms with Gasteiger partial charge in [-0.05, 0) is 41.5 Å². The van der Waals surface area contributed by atoms with Gasteiger partial charge in [0.2, 0.25) is 5.91 Å². The van der Waals surface area contributed by atoms with E-state index in [2.05, 4.69) is 17.4 Å². The van der Waals surface area contributed by atoms with Crippen LogP contribution in [0.15, 0.2) is 48.5 Å². The molecule has 2 amide bonds. The van der Waals surface area contributed by atoms with Gasteiger partial charge in [0.15, 0.2) is 0 Å². The van der Waals surface area contributed by atoms with Crippen LogP contribution >= 0.6 is 0 Å². The van der Waals surface area contributed by atoms with Gasteiger partial charge < -0.3 is 20.1 Å². The molecule has 174 valence electrons. The average Bonchev–Trinajstić information content (AvgIpc) is 3.58. The third-order valence-corrected chi connectivity index (χ3v) is 6.87. The summed E-state index contributed by atoms with van der Waals surface area (Å²) in [4.78, 5) is 38.7. The lowest BCUT2D eigenvalue weighted by atomic mass is 9.98. The van der Waals surface area contributed by atoms with Crippen molar-refractivity contribution in [3.05, 3.63) is 59.7 Å². The highest BCUT2D eigenvalue weighted by Gasteiger charge is 2.56. The van der Waals surface area contributed by atoms with Gasteiger partial charge in [-0.15, -0.1) is 0 Å². The van der Waals surface area contributed by atoms with Crippen LogP contribution in [0.25, 0.3) is 11.1 Å². The molecule has 0 aromatic heterocycles. The van der Waals surface area contributed by atoms with Crippen molar-refractivity contribution in [3.63, 3.8) is 0 Å². The van der Waals surface area contributed by atoms with E-state index in [0.29, 0.717) is 19.3 Å². The van der Waals surface area contributed by atoms with Gasteiger partial charge in [-0.2, -0.15) is 0 Å². The quantitative estimate of drug-likeness (QED) is 0.598. The number of nitrogens with zero attached hydrogens (tertiary/aromatic N) is 1. The number of carboxylic acid groups (broad SMARTS) is 1. The standard InChI is InChI=1S/C26H30N2O5/c1-3-4-13-22(23(29)28(2)26(14-15-26)24(30)31)27-25(32)33-16-21-19-11-7-5-9-17(19)18-10-6-8-12-20(18)21/h5-12,21-22H,3-4,13-16H2,1-2H3,(H,27,32)(H,30,31). The van der Waals surface area contributed by atoms with Gasteiger partial charge >= 0.3 is 12.1 Å². The molecule has 2 aromatic carbocycles. The zero-order chi connectivity index (χ0) is 23.6. The Morgan fingerprint density at radius 1 is 1.09 bits per heavy atom. The summed E-state index contributed by atoms with van der Waals surface area (Å²) in [6.07, 6.45) is 2.20. The van der Waals surface area contributed by atoms with Gasteiger partial charge in [0, 0.05) is 13.0 Å². The largest absolute Gasteiger partial charge is 0.479 e. The fraction of sp³-hybridized carbons (Fsp3) is 0.423. The lowest BCUT2D eigenvalue weighted by Gasteiger charge is -2.29. The summed E-state index contributed by atoms with van der Waals surface area (Å²) in [5.74, 6) is -1.47. The van der Waals surface area contributed by atoms with Crippen LogP contribution in [0.4, 0.5) is 4.79 Å². The smallest absolute Gasteiger partial charge is 0.407 e. The summed E-state index contributed by atoms with van der Waals surface area (Å²) in [6, 6.07) is 15.4. The summed E-state index contributed by atoms with van der Waals surface area (Å²) in [7, 11) is 1.50. The number of likely N-dealkylation sites (N-methyl/N-ethyl adjacent to an activating group) is 1. The molecule has 1 unspecified atom stereocenters. The number of carboxylic acids is 1. The Morgan fingerprint density at radius 3 is 2.18 bits per heavy atom. The zero-order valence-corrected chi connectivity index (χ0v) is 19.0. The molecule has 1 fully saturated rings. The fourth-order valence-corrected chi connectivity index (χ4v) is 4.70. The maximum atomic E-state index is 13.1. The Labute approximate surface area is 193 Å². The molecule has 2 aromatic rings. The predicted octanol–water partition coefficient (Wildman–Crippen LogP) is 4.16. The van der Waals surface area contributed by atoms with E-state index >= 15 is 0 Å². The zero-order valence-electron chi connectivity index (χ0n) is 19.0. The normalized spacial score (nSPS) is 16.3. The van der Waals surface area contributed by atoms with E-state index in [0.717, 1.165) is 35.1 Å². The molecule has 0 saturated heterocycles. The average molecular weight is 451 g/mol. The molecule has 2 aliphatic carbocycles.